The van der Waals surface area contributed by atoms with Crippen LogP contribution in [0.5, 0.6) is 0 Å². The zero-order valence-corrected chi connectivity index (χ0v) is 9.51. The minimum atomic E-state index is -1.11. The zero-order valence-electron chi connectivity index (χ0n) is 9.51. The quantitative estimate of drug-likeness (QED) is 0.770. The number of carboxylic acid groups (broad SMARTS) is 1. The van der Waals surface area contributed by atoms with Crippen LogP contribution >= 0.6 is 0 Å². The number of rotatable bonds is 4. The molecule has 1 aromatic rings. The average Bonchev–Trinajstić information content (AvgIpc) is 2.15. The molecule has 0 aliphatic carbocycles. The monoisotopic (exact) mass is 225 g/mol. The number of carboxylic acids is 1. The molecule has 1 aromatic heterocycles. The van der Waals surface area contributed by atoms with Crippen molar-refractivity contribution in [3.8, 4) is 0 Å². The van der Waals surface area contributed by atoms with E-state index >= 15 is 0 Å². The van der Waals surface area contributed by atoms with Crippen molar-refractivity contribution in [1.29, 1.82) is 0 Å². The highest BCUT2D eigenvalue weighted by Crippen LogP contribution is 2.11. The first kappa shape index (κ1) is 12.4. The molecule has 16 heavy (non-hydrogen) atoms. The van der Waals surface area contributed by atoms with Crippen LogP contribution in [-0.4, -0.2) is 45.3 Å². The van der Waals surface area contributed by atoms with Gasteiger partial charge < -0.3 is 15.1 Å². The van der Waals surface area contributed by atoms with Crippen LogP contribution in [0.3, 0.4) is 0 Å². The molecule has 1 rings (SSSR count). The second-order valence-corrected chi connectivity index (χ2v) is 4.23. The smallest absolute Gasteiger partial charge is 0.356 e. The van der Waals surface area contributed by atoms with E-state index < -0.39 is 11.6 Å². The molecular formula is C10H15N3O3. The molecule has 2 N–H and O–H groups in total. The van der Waals surface area contributed by atoms with E-state index in [1.165, 1.54) is 12.4 Å². The van der Waals surface area contributed by atoms with E-state index in [2.05, 4.69) is 9.97 Å². The minimum absolute atomic E-state index is 0.0968. The number of likely N-dealkylation sites (N-methyl/N-ethyl adjacent to an activating group) is 1. The Morgan fingerprint density at radius 3 is 2.44 bits per heavy atom. The predicted octanol–water partition coefficient (Wildman–Crippen LogP) is 0.382. The minimum Gasteiger partial charge on any atom is -0.476 e. The molecule has 0 amide bonds. The van der Waals surface area contributed by atoms with E-state index in [9.17, 15) is 9.90 Å². The Balaban J connectivity index is 2.78. The van der Waals surface area contributed by atoms with Gasteiger partial charge in [-0.2, -0.15) is 0 Å². The number of hydrogen-bond acceptors (Lipinski definition) is 5. The third kappa shape index (κ3) is 3.47. The Labute approximate surface area is 93.6 Å². The van der Waals surface area contributed by atoms with Crippen molar-refractivity contribution in [3.05, 3.63) is 18.1 Å². The first-order valence-corrected chi connectivity index (χ1v) is 4.78. The molecule has 0 saturated heterocycles. The zero-order chi connectivity index (χ0) is 12.3. The fraction of sp³-hybridized carbons (Fsp3) is 0.500. The Bertz CT molecular complexity index is 370. The van der Waals surface area contributed by atoms with Gasteiger partial charge in [-0.25, -0.2) is 14.8 Å². The molecule has 6 heteroatoms. The largest absolute Gasteiger partial charge is 0.476 e. The van der Waals surface area contributed by atoms with E-state index in [0.29, 0.717) is 12.4 Å². The molecule has 0 atom stereocenters. The fourth-order valence-electron chi connectivity index (χ4n) is 1.29. The number of nitrogens with zero attached hydrogens (tertiary/aromatic N) is 3. The van der Waals surface area contributed by atoms with Gasteiger partial charge >= 0.3 is 5.97 Å². The molecule has 0 spiro atoms. The summed E-state index contributed by atoms with van der Waals surface area (Å²) in [4.78, 5) is 20.0. The highest BCUT2D eigenvalue weighted by atomic mass is 16.4. The number of aliphatic hydroxyl groups is 1. The first-order chi connectivity index (χ1) is 7.29. The third-order valence-electron chi connectivity index (χ3n) is 1.87. The lowest BCUT2D eigenvalue weighted by Crippen LogP contribution is -2.36. The van der Waals surface area contributed by atoms with E-state index in [1.807, 2.05) is 0 Å². The normalized spacial score (nSPS) is 11.2. The molecular weight excluding hydrogens is 210 g/mol. The Morgan fingerprint density at radius 1 is 1.44 bits per heavy atom. The van der Waals surface area contributed by atoms with Gasteiger partial charge in [0.15, 0.2) is 5.69 Å². The second kappa shape index (κ2) is 4.44. The lowest BCUT2D eigenvalue weighted by molar-refractivity contribution is 0.0689. The average molecular weight is 225 g/mol. The number of hydrogen-bond donors (Lipinski definition) is 2. The molecule has 1 heterocycles. The Hall–Kier alpha value is -1.69. The van der Waals surface area contributed by atoms with Crippen LogP contribution in [-0.2, 0) is 0 Å². The van der Waals surface area contributed by atoms with Crippen LogP contribution in [0.25, 0.3) is 0 Å². The number of aromatic nitrogens is 2. The lowest BCUT2D eigenvalue weighted by Gasteiger charge is -2.25. The van der Waals surface area contributed by atoms with Gasteiger partial charge in [-0.1, -0.05) is 0 Å². The summed E-state index contributed by atoms with van der Waals surface area (Å²) < 4.78 is 0. The van der Waals surface area contributed by atoms with Crippen molar-refractivity contribution in [2.24, 2.45) is 0 Å². The van der Waals surface area contributed by atoms with E-state index in [-0.39, 0.29) is 5.69 Å². The summed E-state index contributed by atoms with van der Waals surface area (Å²) in [5, 5.41) is 18.3. The Morgan fingerprint density at radius 2 is 2.06 bits per heavy atom. The van der Waals surface area contributed by atoms with Crippen molar-refractivity contribution in [3.63, 3.8) is 0 Å². The summed E-state index contributed by atoms with van der Waals surface area (Å²) in [5.74, 6) is -0.587. The van der Waals surface area contributed by atoms with E-state index in [4.69, 9.17) is 5.11 Å². The number of anilines is 1. The van der Waals surface area contributed by atoms with Crippen molar-refractivity contribution in [2.75, 3.05) is 18.5 Å². The standard InChI is InChI=1S/C10H15N3O3/c1-10(2,16)6-13(3)8-5-11-7(4-12-8)9(14)15/h4-5,16H,6H2,1-3H3,(H,14,15). The predicted molar refractivity (Wildman–Crippen MR) is 58.6 cm³/mol. The van der Waals surface area contributed by atoms with Crippen molar-refractivity contribution in [2.45, 2.75) is 19.4 Å². The summed E-state index contributed by atoms with van der Waals surface area (Å²) in [7, 11) is 1.75. The topological polar surface area (TPSA) is 86.5 Å². The molecule has 0 bridgehead atoms. The molecule has 0 radical (unpaired) electrons. The molecule has 88 valence electrons. The molecule has 0 fully saturated rings. The van der Waals surface area contributed by atoms with Gasteiger partial charge in [0.25, 0.3) is 0 Å². The van der Waals surface area contributed by atoms with Gasteiger partial charge in [0, 0.05) is 13.6 Å². The van der Waals surface area contributed by atoms with Gasteiger partial charge in [0.1, 0.15) is 5.82 Å². The van der Waals surface area contributed by atoms with Gasteiger partial charge in [-0.05, 0) is 13.8 Å². The summed E-state index contributed by atoms with van der Waals surface area (Å²) >= 11 is 0. The molecule has 0 aliphatic heterocycles. The van der Waals surface area contributed by atoms with Crippen LogP contribution in [0.2, 0.25) is 0 Å². The number of carbonyl (C=O) groups is 1. The molecule has 6 nitrogen and oxygen atoms in total. The highest BCUT2D eigenvalue weighted by molar-refractivity contribution is 5.84. The van der Waals surface area contributed by atoms with Gasteiger partial charge in [0.05, 0.1) is 18.0 Å². The van der Waals surface area contributed by atoms with Gasteiger partial charge in [-0.15, -0.1) is 0 Å². The third-order valence-corrected chi connectivity index (χ3v) is 1.87. The van der Waals surface area contributed by atoms with Crippen LogP contribution in [0.15, 0.2) is 12.4 Å². The molecule has 0 unspecified atom stereocenters. The van der Waals surface area contributed by atoms with Crippen molar-refractivity contribution in [1.82, 2.24) is 9.97 Å². The van der Waals surface area contributed by atoms with Gasteiger partial charge in [-0.3, -0.25) is 0 Å². The SMILES string of the molecule is CN(CC(C)(C)O)c1cnc(C(=O)O)cn1. The molecule has 0 aromatic carbocycles. The summed E-state index contributed by atoms with van der Waals surface area (Å²) in [6.07, 6.45) is 2.56. The van der Waals surface area contributed by atoms with Crippen LogP contribution in [0.1, 0.15) is 24.3 Å². The van der Waals surface area contributed by atoms with Crippen LogP contribution < -0.4 is 4.90 Å². The van der Waals surface area contributed by atoms with Crippen molar-refractivity contribution >= 4 is 11.8 Å². The van der Waals surface area contributed by atoms with E-state index in [1.54, 1.807) is 25.8 Å². The van der Waals surface area contributed by atoms with Gasteiger partial charge in [0.2, 0.25) is 0 Å². The number of aromatic carboxylic acids is 1. The first-order valence-electron chi connectivity index (χ1n) is 4.78. The van der Waals surface area contributed by atoms with Crippen molar-refractivity contribution < 1.29 is 15.0 Å². The maximum absolute atomic E-state index is 10.6. The highest BCUT2D eigenvalue weighted by Gasteiger charge is 2.17. The summed E-state index contributed by atoms with van der Waals surface area (Å²) in [6, 6.07) is 0. The Kier molecular flexibility index (Phi) is 3.44. The molecule has 0 saturated carbocycles. The van der Waals surface area contributed by atoms with Crippen LogP contribution in [0.4, 0.5) is 5.82 Å². The lowest BCUT2D eigenvalue weighted by atomic mass is 10.1. The fourth-order valence-corrected chi connectivity index (χ4v) is 1.29. The summed E-state index contributed by atoms with van der Waals surface area (Å²) in [6.45, 7) is 3.75. The maximum atomic E-state index is 10.6. The van der Waals surface area contributed by atoms with E-state index in [0.717, 1.165) is 0 Å². The van der Waals surface area contributed by atoms with Crippen LogP contribution in [0, 0.1) is 0 Å². The molecule has 0 aliphatic rings. The maximum Gasteiger partial charge on any atom is 0.356 e. The summed E-state index contributed by atoms with van der Waals surface area (Å²) in [5.41, 5.74) is -0.942. The second-order valence-electron chi connectivity index (χ2n) is 4.23.